The van der Waals surface area contributed by atoms with Crippen LogP contribution in [0.3, 0.4) is 0 Å². The maximum atomic E-state index is 12.9. The number of rotatable bonds is 5. The first kappa shape index (κ1) is 18.4. The smallest absolute Gasteiger partial charge is 0.272 e. The highest BCUT2D eigenvalue weighted by Gasteiger charge is 2.61. The van der Waals surface area contributed by atoms with Gasteiger partial charge in [0, 0.05) is 25.7 Å². The van der Waals surface area contributed by atoms with Crippen molar-refractivity contribution in [2.45, 2.75) is 42.6 Å². The van der Waals surface area contributed by atoms with Crippen LogP contribution in [0.2, 0.25) is 0 Å². The summed E-state index contributed by atoms with van der Waals surface area (Å²) in [5.41, 5.74) is 6.16. The van der Waals surface area contributed by atoms with Crippen LogP contribution >= 0.6 is 0 Å². The monoisotopic (exact) mass is 379 g/mol. The third kappa shape index (κ3) is 2.41. The molecule has 3 rings (SSSR count). The van der Waals surface area contributed by atoms with Crippen molar-refractivity contribution in [3.05, 3.63) is 17.0 Å². The zero-order valence-electron chi connectivity index (χ0n) is 14.9. The molecule has 10 heteroatoms. The molecule has 1 aliphatic carbocycles. The van der Waals surface area contributed by atoms with E-state index in [1.54, 1.807) is 7.05 Å². The predicted molar refractivity (Wildman–Crippen MR) is 91.9 cm³/mol. The minimum atomic E-state index is -3.75. The van der Waals surface area contributed by atoms with Crippen molar-refractivity contribution in [2.75, 3.05) is 13.1 Å². The lowest BCUT2D eigenvalue weighted by molar-refractivity contribution is 0.0724. The van der Waals surface area contributed by atoms with Crippen molar-refractivity contribution >= 4 is 21.7 Å². The first-order chi connectivity index (χ1) is 12.0. The Kier molecular flexibility index (Phi) is 3.92. The second kappa shape index (κ2) is 5.54. The Morgan fingerprint density at radius 2 is 2.04 bits per heavy atom. The van der Waals surface area contributed by atoms with Crippen LogP contribution in [0.4, 0.5) is 0 Å². The zero-order valence-corrected chi connectivity index (χ0v) is 15.8. The van der Waals surface area contributed by atoms with Crippen molar-refractivity contribution in [3.8, 4) is 6.07 Å². The number of amides is 2. The fourth-order valence-corrected chi connectivity index (χ4v) is 5.69. The molecule has 1 aromatic heterocycles. The number of hydrogen-bond donors (Lipinski definition) is 1. The summed E-state index contributed by atoms with van der Waals surface area (Å²) in [7, 11) is -2.20. The van der Waals surface area contributed by atoms with Gasteiger partial charge in [0.25, 0.3) is 11.8 Å². The van der Waals surface area contributed by atoms with E-state index in [1.807, 2.05) is 6.07 Å². The average molecular weight is 379 g/mol. The Morgan fingerprint density at radius 1 is 1.42 bits per heavy atom. The van der Waals surface area contributed by atoms with E-state index in [1.165, 1.54) is 23.4 Å². The molecule has 2 N–H and O–H groups in total. The van der Waals surface area contributed by atoms with E-state index < -0.39 is 25.2 Å². The molecule has 1 aliphatic heterocycles. The van der Waals surface area contributed by atoms with Gasteiger partial charge < -0.3 is 10.6 Å². The number of carbonyl (C=O) groups is 2. The Balaban J connectivity index is 1.91. The van der Waals surface area contributed by atoms with E-state index in [0.717, 1.165) is 0 Å². The maximum absolute atomic E-state index is 12.9. The SMILES string of the molecule is Cn1nc(C(N)=O)c2c1C(=O)N(CC1(S(=O)(=O)C(C)(C)C#N)CC1)CC2. The average Bonchev–Trinajstić information content (AvgIpc) is 3.27. The van der Waals surface area contributed by atoms with Crippen LogP contribution < -0.4 is 5.73 Å². The van der Waals surface area contributed by atoms with Gasteiger partial charge in [-0.05, 0) is 33.1 Å². The highest BCUT2D eigenvalue weighted by atomic mass is 32.2. The molecule has 2 aliphatic rings. The Bertz CT molecular complexity index is 950. The van der Waals surface area contributed by atoms with Crippen molar-refractivity contribution in [3.63, 3.8) is 0 Å². The summed E-state index contributed by atoms with van der Waals surface area (Å²) in [4.78, 5) is 25.9. The topological polar surface area (TPSA) is 139 Å². The molecule has 0 bridgehead atoms. The molecule has 0 atom stereocenters. The zero-order chi connectivity index (χ0) is 19.5. The molecule has 26 heavy (non-hydrogen) atoms. The summed E-state index contributed by atoms with van der Waals surface area (Å²) in [5.74, 6) is -1.06. The molecule has 2 heterocycles. The molecule has 0 spiro atoms. The molecular formula is C16H21N5O4S. The fourth-order valence-electron chi connectivity index (χ4n) is 3.52. The molecule has 0 saturated heterocycles. The number of hydrogen-bond acceptors (Lipinski definition) is 6. The van der Waals surface area contributed by atoms with Gasteiger partial charge in [-0.1, -0.05) is 0 Å². The molecular weight excluding hydrogens is 358 g/mol. The molecule has 1 fully saturated rings. The highest BCUT2D eigenvalue weighted by Crippen LogP contribution is 2.49. The number of primary amides is 1. The van der Waals surface area contributed by atoms with Crippen LogP contribution in [-0.4, -0.2) is 57.5 Å². The number of nitrogens with two attached hydrogens (primary N) is 1. The van der Waals surface area contributed by atoms with E-state index in [2.05, 4.69) is 5.10 Å². The minimum absolute atomic E-state index is 0.0375. The van der Waals surface area contributed by atoms with E-state index in [4.69, 9.17) is 5.73 Å². The van der Waals surface area contributed by atoms with E-state index in [0.29, 0.717) is 24.8 Å². The summed E-state index contributed by atoms with van der Waals surface area (Å²) >= 11 is 0. The van der Waals surface area contributed by atoms with Crippen LogP contribution in [0.15, 0.2) is 0 Å². The van der Waals surface area contributed by atoms with Gasteiger partial charge in [0.15, 0.2) is 20.3 Å². The standard InChI is InChI=1S/C16H21N5O4S/c1-15(2,8-17)26(24,25)16(5-6-16)9-21-7-4-10-11(13(18)22)19-20(3)12(10)14(21)23/h4-7,9H2,1-3H3,(H2,18,22). The van der Waals surface area contributed by atoms with Crippen molar-refractivity contribution in [1.82, 2.24) is 14.7 Å². The lowest BCUT2D eigenvalue weighted by Gasteiger charge is -2.33. The second-order valence-corrected chi connectivity index (χ2v) is 10.3. The summed E-state index contributed by atoms with van der Waals surface area (Å²) in [5, 5.41) is 13.3. The molecule has 9 nitrogen and oxygen atoms in total. The fraction of sp³-hybridized carbons (Fsp3) is 0.625. The summed E-state index contributed by atoms with van der Waals surface area (Å²) in [6.07, 6.45) is 1.23. The van der Waals surface area contributed by atoms with Gasteiger partial charge in [0.05, 0.1) is 10.8 Å². The molecule has 140 valence electrons. The van der Waals surface area contributed by atoms with Crippen LogP contribution in [-0.2, 0) is 23.3 Å². The van der Waals surface area contributed by atoms with Gasteiger partial charge in [-0.3, -0.25) is 14.3 Å². The first-order valence-electron chi connectivity index (χ1n) is 8.28. The van der Waals surface area contributed by atoms with Crippen molar-refractivity contribution < 1.29 is 18.0 Å². The minimum Gasteiger partial charge on any atom is -0.364 e. The number of carbonyl (C=O) groups excluding carboxylic acids is 2. The van der Waals surface area contributed by atoms with Crippen LogP contribution in [0.25, 0.3) is 0 Å². The largest absolute Gasteiger partial charge is 0.364 e. The summed E-state index contributed by atoms with van der Waals surface area (Å²) in [6, 6.07) is 1.86. The number of nitriles is 1. The predicted octanol–water partition coefficient (Wildman–Crippen LogP) is -0.233. The normalized spacial score (nSPS) is 19.0. The first-order valence-corrected chi connectivity index (χ1v) is 9.76. The maximum Gasteiger partial charge on any atom is 0.272 e. The molecule has 0 radical (unpaired) electrons. The lowest BCUT2D eigenvalue weighted by Crippen LogP contribution is -2.50. The second-order valence-electron chi connectivity index (χ2n) is 7.45. The number of fused-ring (bicyclic) bond motifs is 1. The summed E-state index contributed by atoms with van der Waals surface area (Å²) in [6.45, 7) is 3.09. The van der Waals surface area contributed by atoms with Gasteiger partial charge in [-0.15, -0.1) is 0 Å². The highest BCUT2D eigenvalue weighted by molar-refractivity contribution is 7.94. The Labute approximate surface area is 151 Å². The van der Waals surface area contributed by atoms with Crippen molar-refractivity contribution in [2.24, 2.45) is 12.8 Å². The molecule has 0 unspecified atom stereocenters. The van der Waals surface area contributed by atoms with Gasteiger partial charge in [0.2, 0.25) is 0 Å². The van der Waals surface area contributed by atoms with Gasteiger partial charge in [-0.2, -0.15) is 10.4 Å². The molecule has 2 amide bonds. The molecule has 1 saturated carbocycles. The van der Waals surface area contributed by atoms with Crippen LogP contribution in [0.5, 0.6) is 0 Å². The van der Waals surface area contributed by atoms with Crippen LogP contribution in [0, 0.1) is 11.3 Å². The van der Waals surface area contributed by atoms with Crippen molar-refractivity contribution in [1.29, 1.82) is 5.26 Å². The number of nitrogens with zero attached hydrogens (tertiary/aromatic N) is 4. The van der Waals surface area contributed by atoms with Crippen LogP contribution in [0.1, 0.15) is 53.2 Å². The molecule has 0 aromatic carbocycles. The van der Waals surface area contributed by atoms with Gasteiger partial charge in [0.1, 0.15) is 5.69 Å². The van der Waals surface area contributed by atoms with E-state index in [-0.39, 0.29) is 30.4 Å². The summed E-state index contributed by atoms with van der Waals surface area (Å²) < 4.78 is 24.6. The quantitative estimate of drug-likeness (QED) is 0.749. The number of aromatic nitrogens is 2. The van der Waals surface area contributed by atoms with Gasteiger partial charge >= 0.3 is 0 Å². The number of aryl methyl sites for hydroxylation is 1. The van der Waals surface area contributed by atoms with Gasteiger partial charge in [-0.25, -0.2) is 8.42 Å². The third-order valence-electron chi connectivity index (χ3n) is 5.30. The van der Waals surface area contributed by atoms with E-state index >= 15 is 0 Å². The number of sulfone groups is 1. The third-order valence-corrected chi connectivity index (χ3v) is 8.41. The Morgan fingerprint density at radius 3 is 2.54 bits per heavy atom. The molecule has 1 aromatic rings. The lowest BCUT2D eigenvalue weighted by atomic mass is 10.0. The van der Waals surface area contributed by atoms with E-state index in [9.17, 15) is 23.3 Å². The Hall–Kier alpha value is -2.41.